The number of carboxylic acid groups (broad SMARTS) is 1. The minimum atomic E-state index is -1.32. The predicted octanol–water partition coefficient (Wildman–Crippen LogP) is 2.83. The Kier molecular flexibility index (Phi) is 8.96. The molecule has 190 valence electrons. The maximum absolute atomic E-state index is 12.9. The number of hydrogen-bond donors (Lipinski definition) is 5. The van der Waals surface area contributed by atoms with Gasteiger partial charge in [0.25, 0.3) is 11.8 Å². The molecule has 1 aromatic carbocycles. The van der Waals surface area contributed by atoms with Crippen molar-refractivity contribution in [3.8, 4) is 5.75 Å². The number of hydrogen-bond acceptors (Lipinski definition) is 8. The Morgan fingerprint density at radius 2 is 1.78 bits per heavy atom. The Balaban J connectivity index is 1.57. The summed E-state index contributed by atoms with van der Waals surface area (Å²) >= 11 is 1.26. The van der Waals surface area contributed by atoms with E-state index in [1.54, 1.807) is 50.4 Å². The number of thiophene rings is 1. The highest BCUT2D eigenvalue weighted by atomic mass is 32.1. The van der Waals surface area contributed by atoms with E-state index in [9.17, 15) is 24.6 Å². The van der Waals surface area contributed by atoms with E-state index in [2.05, 4.69) is 25.9 Å². The van der Waals surface area contributed by atoms with Crippen LogP contribution >= 0.6 is 11.3 Å². The molecular weight excluding hydrogens is 482 g/mol. The van der Waals surface area contributed by atoms with E-state index in [-0.39, 0.29) is 17.9 Å². The Labute approximate surface area is 212 Å². The first-order valence-corrected chi connectivity index (χ1v) is 12.3. The van der Waals surface area contributed by atoms with Crippen LogP contribution in [-0.2, 0) is 11.2 Å². The van der Waals surface area contributed by atoms with Crippen LogP contribution in [0.5, 0.6) is 5.75 Å². The number of nitrogens with one attached hydrogen (secondary N) is 3. The molecule has 0 fully saturated rings. The van der Waals surface area contributed by atoms with Gasteiger partial charge in [0.15, 0.2) is 0 Å². The van der Waals surface area contributed by atoms with Crippen molar-refractivity contribution in [2.75, 3.05) is 18.4 Å². The molecule has 0 bridgehead atoms. The van der Waals surface area contributed by atoms with Crippen molar-refractivity contribution in [2.24, 2.45) is 0 Å². The molecule has 10 nitrogen and oxygen atoms in total. The van der Waals surface area contributed by atoms with Gasteiger partial charge in [0, 0.05) is 13.1 Å². The van der Waals surface area contributed by atoms with Crippen molar-refractivity contribution in [1.29, 1.82) is 0 Å². The third-order valence-corrected chi connectivity index (χ3v) is 6.49. The van der Waals surface area contributed by atoms with Crippen molar-refractivity contribution >= 4 is 35.1 Å². The molecule has 0 radical (unpaired) electrons. The maximum atomic E-state index is 12.9. The minimum Gasteiger partial charge on any atom is -0.508 e. The summed E-state index contributed by atoms with van der Waals surface area (Å²) in [6, 6.07) is 7.56. The standard InChI is InChI=1S/C25H29N5O5S/c1-14-9-11-36-21(14)23(33)27-13-19(24(34)35)30-22(32)20-15(2)28-25(29-16(20)3)26-10-5-7-17-6-4-8-18(31)12-17/h4,6,8-9,11-12,19,31H,5,7,10,13H2,1-3H3,(H,27,33)(H,30,32)(H,34,35)(H,26,28,29)/t19-/m0/s1. The zero-order valence-electron chi connectivity index (χ0n) is 20.3. The van der Waals surface area contributed by atoms with E-state index in [4.69, 9.17) is 0 Å². The molecule has 0 saturated heterocycles. The number of phenolic OH excluding ortho intramolecular Hbond substituents is 1. The van der Waals surface area contributed by atoms with Crippen molar-refractivity contribution < 1.29 is 24.6 Å². The van der Waals surface area contributed by atoms with Gasteiger partial charge in [-0.2, -0.15) is 0 Å². The Morgan fingerprint density at radius 1 is 1.06 bits per heavy atom. The van der Waals surface area contributed by atoms with Crippen LogP contribution in [0.15, 0.2) is 35.7 Å². The fourth-order valence-electron chi connectivity index (χ4n) is 3.64. The molecule has 0 aliphatic rings. The van der Waals surface area contributed by atoms with Crippen LogP contribution in [0.3, 0.4) is 0 Å². The van der Waals surface area contributed by atoms with Gasteiger partial charge >= 0.3 is 5.97 Å². The molecule has 11 heteroatoms. The van der Waals surface area contributed by atoms with Gasteiger partial charge in [0.05, 0.1) is 21.8 Å². The summed E-state index contributed by atoms with van der Waals surface area (Å²) in [5.74, 6) is -1.69. The lowest BCUT2D eigenvalue weighted by Crippen LogP contribution is -2.48. The summed E-state index contributed by atoms with van der Waals surface area (Å²) in [5, 5.41) is 29.0. The number of aliphatic carboxylic acids is 1. The van der Waals surface area contributed by atoms with Gasteiger partial charge in [0.1, 0.15) is 11.8 Å². The fraction of sp³-hybridized carbons (Fsp3) is 0.320. The smallest absolute Gasteiger partial charge is 0.328 e. The van der Waals surface area contributed by atoms with E-state index in [1.165, 1.54) is 11.3 Å². The number of rotatable bonds is 11. The number of anilines is 1. The van der Waals surface area contributed by atoms with E-state index in [0.717, 1.165) is 24.0 Å². The van der Waals surface area contributed by atoms with Gasteiger partial charge in [-0.3, -0.25) is 9.59 Å². The van der Waals surface area contributed by atoms with Crippen LogP contribution in [0.1, 0.15) is 49.0 Å². The largest absolute Gasteiger partial charge is 0.508 e. The number of carbonyl (C=O) groups is 3. The van der Waals surface area contributed by atoms with Gasteiger partial charge in [-0.1, -0.05) is 12.1 Å². The van der Waals surface area contributed by atoms with Crippen LogP contribution in [0.4, 0.5) is 5.95 Å². The molecule has 0 aliphatic carbocycles. The molecule has 3 aromatic rings. The highest BCUT2D eigenvalue weighted by Crippen LogP contribution is 2.16. The highest BCUT2D eigenvalue weighted by Gasteiger charge is 2.25. The second-order valence-electron chi connectivity index (χ2n) is 8.30. The summed E-state index contributed by atoms with van der Waals surface area (Å²) < 4.78 is 0. The number of amides is 2. The number of benzene rings is 1. The molecule has 36 heavy (non-hydrogen) atoms. The predicted molar refractivity (Wildman–Crippen MR) is 137 cm³/mol. The number of carbonyl (C=O) groups excluding carboxylic acids is 2. The maximum Gasteiger partial charge on any atom is 0.328 e. The lowest BCUT2D eigenvalue weighted by atomic mass is 10.1. The van der Waals surface area contributed by atoms with E-state index < -0.39 is 23.8 Å². The molecule has 2 aromatic heterocycles. The quantitative estimate of drug-likeness (QED) is 0.246. The first-order valence-electron chi connectivity index (χ1n) is 11.4. The summed E-state index contributed by atoms with van der Waals surface area (Å²) in [6.45, 7) is 5.41. The number of carboxylic acids is 1. The lowest BCUT2D eigenvalue weighted by Gasteiger charge is -2.17. The molecule has 2 amide bonds. The van der Waals surface area contributed by atoms with Crippen molar-refractivity contribution in [2.45, 2.75) is 39.7 Å². The minimum absolute atomic E-state index is 0.187. The average molecular weight is 512 g/mol. The zero-order valence-corrected chi connectivity index (χ0v) is 21.1. The zero-order chi connectivity index (χ0) is 26.2. The number of phenols is 1. The van der Waals surface area contributed by atoms with Crippen LogP contribution in [-0.4, -0.2) is 57.1 Å². The van der Waals surface area contributed by atoms with Gasteiger partial charge in [-0.25, -0.2) is 14.8 Å². The molecule has 5 N–H and O–H groups in total. The van der Waals surface area contributed by atoms with Crippen LogP contribution in [0.25, 0.3) is 0 Å². The van der Waals surface area contributed by atoms with Crippen molar-refractivity contribution in [1.82, 2.24) is 20.6 Å². The molecule has 0 spiro atoms. The van der Waals surface area contributed by atoms with Crippen molar-refractivity contribution in [3.63, 3.8) is 0 Å². The van der Waals surface area contributed by atoms with Crippen LogP contribution in [0.2, 0.25) is 0 Å². The van der Waals surface area contributed by atoms with Crippen LogP contribution < -0.4 is 16.0 Å². The van der Waals surface area contributed by atoms with Crippen LogP contribution in [0, 0.1) is 20.8 Å². The summed E-state index contributed by atoms with van der Waals surface area (Å²) in [7, 11) is 0. The Morgan fingerprint density at radius 3 is 2.39 bits per heavy atom. The van der Waals surface area contributed by atoms with Gasteiger partial charge in [-0.15, -0.1) is 11.3 Å². The Bertz CT molecular complexity index is 1240. The molecule has 2 heterocycles. The fourth-order valence-corrected chi connectivity index (χ4v) is 4.48. The number of aromatic nitrogens is 2. The second kappa shape index (κ2) is 12.1. The van der Waals surface area contributed by atoms with Crippen molar-refractivity contribution in [3.05, 3.63) is 68.7 Å². The lowest BCUT2D eigenvalue weighted by molar-refractivity contribution is -0.139. The van der Waals surface area contributed by atoms with Gasteiger partial charge in [0.2, 0.25) is 5.95 Å². The van der Waals surface area contributed by atoms with E-state index in [1.807, 2.05) is 6.07 Å². The molecule has 0 saturated carbocycles. The monoisotopic (exact) mass is 511 g/mol. The second-order valence-corrected chi connectivity index (χ2v) is 9.22. The number of nitrogens with zero attached hydrogens (tertiary/aromatic N) is 2. The first-order chi connectivity index (χ1) is 17.2. The Hall–Kier alpha value is -3.99. The average Bonchev–Trinajstić information content (AvgIpc) is 3.24. The highest BCUT2D eigenvalue weighted by molar-refractivity contribution is 7.12. The summed E-state index contributed by atoms with van der Waals surface area (Å²) in [6.07, 6.45) is 1.54. The molecule has 0 aliphatic heterocycles. The molecule has 0 unspecified atom stereocenters. The topological polar surface area (TPSA) is 154 Å². The normalized spacial score (nSPS) is 11.5. The molecule has 1 atom stereocenters. The number of aryl methyl sites for hydroxylation is 4. The summed E-state index contributed by atoms with van der Waals surface area (Å²) in [5.41, 5.74) is 2.80. The number of aromatic hydroxyl groups is 1. The summed E-state index contributed by atoms with van der Waals surface area (Å²) in [4.78, 5) is 46.1. The molecule has 3 rings (SSSR count). The van der Waals surface area contributed by atoms with Gasteiger partial charge < -0.3 is 26.2 Å². The third kappa shape index (κ3) is 7.01. The third-order valence-electron chi connectivity index (χ3n) is 5.47. The van der Waals surface area contributed by atoms with E-state index in [0.29, 0.717) is 28.8 Å². The first kappa shape index (κ1) is 26.6. The SMILES string of the molecule is Cc1ccsc1C(=O)NC[C@H](NC(=O)c1c(C)nc(NCCCc2cccc(O)c2)nc1C)C(=O)O. The van der Waals surface area contributed by atoms with E-state index >= 15 is 0 Å². The molecular formula is C25H29N5O5S. The van der Waals surface area contributed by atoms with Gasteiger partial charge in [-0.05, 0) is 68.3 Å².